The van der Waals surface area contributed by atoms with Crippen LogP contribution in [0.15, 0.2) is 30.3 Å². The molecule has 0 saturated heterocycles. The number of nitrogens with two attached hydrogens (primary N) is 1. The monoisotopic (exact) mass is 219 g/mol. The molecule has 1 aliphatic rings. The van der Waals surface area contributed by atoms with Crippen LogP contribution in [0.3, 0.4) is 0 Å². The molecule has 2 N–H and O–H groups in total. The first kappa shape index (κ1) is 11.5. The molecule has 1 saturated carbocycles. The Kier molecular flexibility index (Phi) is 3.20. The van der Waals surface area contributed by atoms with Crippen molar-refractivity contribution in [2.45, 2.75) is 45.3 Å². The average molecular weight is 219 g/mol. The van der Waals surface area contributed by atoms with Crippen LogP contribution in [0.2, 0.25) is 0 Å². The van der Waals surface area contributed by atoms with E-state index in [9.17, 15) is 0 Å². The lowest BCUT2D eigenvalue weighted by molar-refractivity contribution is 0.0568. The molecule has 2 nitrogen and oxygen atoms in total. The van der Waals surface area contributed by atoms with E-state index in [4.69, 9.17) is 10.5 Å². The Hall–Kier alpha value is -1.02. The lowest BCUT2D eigenvalue weighted by Gasteiger charge is -2.41. The Labute approximate surface area is 97.8 Å². The third kappa shape index (κ3) is 2.38. The van der Waals surface area contributed by atoms with Gasteiger partial charge in [0.05, 0.1) is 0 Å². The van der Waals surface area contributed by atoms with Crippen molar-refractivity contribution in [1.29, 1.82) is 0 Å². The lowest BCUT2D eigenvalue weighted by Crippen LogP contribution is -2.51. The van der Waals surface area contributed by atoms with Gasteiger partial charge in [0.2, 0.25) is 0 Å². The van der Waals surface area contributed by atoms with E-state index in [1.165, 1.54) is 12.8 Å². The largest absolute Gasteiger partial charge is 0.489 e. The Morgan fingerprint density at radius 3 is 2.62 bits per heavy atom. The fraction of sp³-hybridized carbons (Fsp3) is 0.571. The number of ether oxygens (including phenoxy) is 1. The van der Waals surface area contributed by atoms with E-state index in [1.807, 2.05) is 30.3 Å². The maximum atomic E-state index is 6.28. The van der Waals surface area contributed by atoms with Crippen LogP contribution in [0.5, 0.6) is 5.75 Å². The van der Waals surface area contributed by atoms with Gasteiger partial charge < -0.3 is 10.5 Å². The van der Waals surface area contributed by atoms with Crippen molar-refractivity contribution in [2.24, 2.45) is 11.1 Å². The molecule has 0 aliphatic heterocycles. The maximum absolute atomic E-state index is 6.28. The molecule has 0 radical (unpaired) electrons. The minimum absolute atomic E-state index is 0.126. The van der Waals surface area contributed by atoms with Gasteiger partial charge in [-0.2, -0.15) is 0 Å². The molecule has 16 heavy (non-hydrogen) atoms. The first-order valence-corrected chi connectivity index (χ1v) is 6.07. The Balaban J connectivity index is 2.05. The van der Waals surface area contributed by atoms with Gasteiger partial charge >= 0.3 is 0 Å². The third-order valence-corrected chi connectivity index (χ3v) is 3.64. The summed E-state index contributed by atoms with van der Waals surface area (Å²) in [5.74, 6) is 0.931. The highest BCUT2D eigenvalue weighted by molar-refractivity contribution is 5.21. The number of hydrogen-bond donors (Lipinski definition) is 1. The predicted molar refractivity (Wildman–Crippen MR) is 66.5 cm³/mol. The average Bonchev–Trinajstić information content (AvgIpc) is 2.26. The van der Waals surface area contributed by atoms with Gasteiger partial charge in [-0.25, -0.2) is 0 Å². The first-order chi connectivity index (χ1) is 7.59. The van der Waals surface area contributed by atoms with Gasteiger partial charge in [0.1, 0.15) is 11.9 Å². The molecular weight excluding hydrogens is 198 g/mol. The van der Waals surface area contributed by atoms with Gasteiger partial charge in [-0.3, -0.25) is 0 Å². The molecule has 0 aromatic heterocycles. The molecule has 0 heterocycles. The van der Waals surface area contributed by atoms with E-state index in [0.29, 0.717) is 0 Å². The maximum Gasteiger partial charge on any atom is 0.119 e. The first-order valence-electron chi connectivity index (χ1n) is 6.07. The van der Waals surface area contributed by atoms with Crippen molar-refractivity contribution < 1.29 is 4.74 Å². The van der Waals surface area contributed by atoms with E-state index in [1.54, 1.807) is 0 Å². The van der Waals surface area contributed by atoms with E-state index < -0.39 is 0 Å². The van der Waals surface area contributed by atoms with Gasteiger partial charge in [0.25, 0.3) is 0 Å². The highest BCUT2D eigenvalue weighted by Crippen LogP contribution is 2.36. The molecule has 0 bridgehead atoms. The van der Waals surface area contributed by atoms with Crippen LogP contribution in [-0.4, -0.2) is 12.1 Å². The molecular formula is C14H21NO. The number of hydrogen-bond acceptors (Lipinski definition) is 2. The van der Waals surface area contributed by atoms with Crippen molar-refractivity contribution in [3.63, 3.8) is 0 Å². The van der Waals surface area contributed by atoms with E-state index in [-0.39, 0.29) is 17.6 Å². The lowest BCUT2D eigenvalue weighted by atomic mass is 9.72. The molecule has 2 atom stereocenters. The number of para-hydroxylation sites is 1. The summed E-state index contributed by atoms with van der Waals surface area (Å²) in [6.07, 6.45) is 3.63. The molecule has 2 rings (SSSR count). The van der Waals surface area contributed by atoms with Crippen LogP contribution in [-0.2, 0) is 0 Å². The summed E-state index contributed by atoms with van der Waals surface area (Å²) < 4.78 is 5.98. The highest BCUT2D eigenvalue weighted by atomic mass is 16.5. The summed E-state index contributed by atoms with van der Waals surface area (Å²) in [5, 5.41) is 0. The summed E-state index contributed by atoms with van der Waals surface area (Å²) in [4.78, 5) is 0. The van der Waals surface area contributed by atoms with Crippen LogP contribution in [0.1, 0.15) is 33.1 Å². The van der Waals surface area contributed by atoms with Crippen molar-refractivity contribution in [2.75, 3.05) is 0 Å². The molecule has 2 heteroatoms. The minimum Gasteiger partial charge on any atom is -0.489 e. The molecule has 1 aliphatic carbocycles. The van der Waals surface area contributed by atoms with Crippen LogP contribution in [0.4, 0.5) is 0 Å². The zero-order valence-corrected chi connectivity index (χ0v) is 10.1. The molecule has 0 spiro atoms. The second kappa shape index (κ2) is 4.46. The SMILES string of the molecule is CC1(C)CCCC(Oc2ccccc2)C1N. The topological polar surface area (TPSA) is 35.2 Å². The van der Waals surface area contributed by atoms with E-state index in [2.05, 4.69) is 13.8 Å². The van der Waals surface area contributed by atoms with Gasteiger partial charge in [-0.15, -0.1) is 0 Å². The zero-order chi connectivity index (χ0) is 11.6. The van der Waals surface area contributed by atoms with E-state index in [0.717, 1.165) is 12.2 Å². The predicted octanol–water partition coefficient (Wildman–Crippen LogP) is 2.97. The minimum atomic E-state index is 0.126. The second-order valence-corrected chi connectivity index (χ2v) is 5.38. The fourth-order valence-corrected chi connectivity index (χ4v) is 2.41. The molecule has 0 amide bonds. The number of benzene rings is 1. The van der Waals surface area contributed by atoms with Crippen LogP contribution in [0, 0.1) is 5.41 Å². The fourth-order valence-electron chi connectivity index (χ4n) is 2.41. The zero-order valence-electron chi connectivity index (χ0n) is 10.1. The van der Waals surface area contributed by atoms with Crippen molar-refractivity contribution in [1.82, 2.24) is 0 Å². The van der Waals surface area contributed by atoms with Gasteiger partial charge in [-0.05, 0) is 36.8 Å². The van der Waals surface area contributed by atoms with Crippen molar-refractivity contribution >= 4 is 0 Å². The molecule has 2 unspecified atom stereocenters. The molecule has 1 aromatic carbocycles. The standard InChI is InChI=1S/C14H21NO/c1-14(2)10-6-9-12(13(14)15)16-11-7-4-3-5-8-11/h3-5,7-8,12-13H,6,9-10,15H2,1-2H3. The summed E-state index contributed by atoms with van der Waals surface area (Å²) >= 11 is 0. The second-order valence-electron chi connectivity index (χ2n) is 5.38. The molecule has 1 fully saturated rings. The summed E-state index contributed by atoms with van der Waals surface area (Å²) in [7, 11) is 0. The smallest absolute Gasteiger partial charge is 0.119 e. The Bertz CT molecular complexity index is 334. The van der Waals surface area contributed by atoms with E-state index >= 15 is 0 Å². The quantitative estimate of drug-likeness (QED) is 0.830. The Morgan fingerprint density at radius 1 is 1.25 bits per heavy atom. The van der Waals surface area contributed by atoms with Crippen molar-refractivity contribution in [3.05, 3.63) is 30.3 Å². The summed E-state index contributed by atoms with van der Waals surface area (Å²) in [6.45, 7) is 4.47. The Morgan fingerprint density at radius 2 is 1.94 bits per heavy atom. The van der Waals surface area contributed by atoms with Crippen LogP contribution < -0.4 is 10.5 Å². The van der Waals surface area contributed by atoms with Gasteiger partial charge in [0, 0.05) is 6.04 Å². The van der Waals surface area contributed by atoms with Crippen LogP contribution >= 0.6 is 0 Å². The van der Waals surface area contributed by atoms with Crippen molar-refractivity contribution in [3.8, 4) is 5.75 Å². The molecule has 88 valence electrons. The van der Waals surface area contributed by atoms with Gasteiger partial charge in [-0.1, -0.05) is 32.0 Å². The normalized spacial score (nSPS) is 28.7. The highest BCUT2D eigenvalue weighted by Gasteiger charge is 2.37. The summed E-state index contributed by atoms with van der Waals surface area (Å²) in [5.41, 5.74) is 6.47. The summed E-state index contributed by atoms with van der Waals surface area (Å²) in [6, 6.07) is 10.1. The van der Waals surface area contributed by atoms with Crippen LogP contribution in [0.25, 0.3) is 0 Å². The molecule has 1 aromatic rings. The number of rotatable bonds is 2. The third-order valence-electron chi connectivity index (χ3n) is 3.64. The van der Waals surface area contributed by atoms with Gasteiger partial charge in [0.15, 0.2) is 0 Å².